The molecular formula is C16H19F4NO4. The quantitative estimate of drug-likeness (QED) is 0.576. The number of alkyl halides is 3. The summed E-state index contributed by atoms with van der Waals surface area (Å²) in [6.07, 6.45) is -3.74. The molecule has 0 saturated carbocycles. The van der Waals surface area contributed by atoms with Crippen LogP contribution in [0.2, 0.25) is 0 Å². The van der Waals surface area contributed by atoms with Crippen LogP contribution in [0, 0.1) is 5.82 Å². The third kappa shape index (κ3) is 5.65. The number of ether oxygens (including phenoxy) is 2. The third-order valence-electron chi connectivity index (χ3n) is 3.73. The van der Waals surface area contributed by atoms with Crippen molar-refractivity contribution >= 4 is 5.91 Å². The minimum atomic E-state index is -5.01. The van der Waals surface area contributed by atoms with Crippen LogP contribution in [0.15, 0.2) is 18.2 Å². The fraction of sp³-hybridized carbons (Fsp3) is 0.562. The summed E-state index contributed by atoms with van der Waals surface area (Å²) in [4.78, 5) is 10.8. The summed E-state index contributed by atoms with van der Waals surface area (Å²) in [7, 11) is 0. The van der Waals surface area contributed by atoms with E-state index in [4.69, 9.17) is 14.6 Å². The van der Waals surface area contributed by atoms with Crippen LogP contribution in [0.5, 0.6) is 0 Å². The van der Waals surface area contributed by atoms with E-state index >= 15 is 0 Å². The maximum atomic E-state index is 14.0. The lowest BCUT2D eigenvalue weighted by molar-refractivity contribution is -0.173. The summed E-state index contributed by atoms with van der Waals surface area (Å²) in [6.45, 7) is -0.115. The van der Waals surface area contributed by atoms with Crippen LogP contribution in [0.1, 0.15) is 36.7 Å². The number of aliphatic hydroxyl groups is 1. The third-order valence-corrected chi connectivity index (χ3v) is 3.73. The van der Waals surface area contributed by atoms with Gasteiger partial charge in [0.25, 0.3) is 0 Å². The maximum absolute atomic E-state index is 14.0. The van der Waals surface area contributed by atoms with Crippen LogP contribution in [-0.4, -0.2) is 36.5 Å². The summed E-state index contributed by atoms with van der Waals surface area (Å²) in [5.41, 5.74) is 0.340. The summed E-state index contributed by atoms with van der Waals surface area (Å²) in [6, 6.07) is 3.89. The van der Waals surface area contributed by atoms with Gasteiger partial charge in [-0.2, -0.15) is 13.2 Å². The van der Waals surface area contributed by atoms with Crippen LogP contribution < -0.4 is 5.32 Å². The zero-order valence-electron chi connectivity index (χ0n) is 13.3. The van der Waals surface area contributed by atoms with Gasteiger partial charge < -0.3 is 19.9 Å². The topological polar surface area (TPSA) is 67.8 Å². The average molecular weight is 365 g/mol. The van der Waals surface area contributed by atoms with Gasteiger partial charge in [-0.1, -0.05) is 12.1 Å². The molecule has 2 atom stereocenters. The molecular weight excluding hydrogens is 346 g/mol. The molecule has 25 heavy (non-hydrogen) atoms. The van der Waals surface area contributed by atoms with Crippen molar-refractivity contribution in [3.8, 4) is 0 Å². The van der Waals surface area contributed by atoms with Gasteiger partial charge in [-0.3, -0.25) is 4.79 Å². The Bertz CT molecular complexity index is 594. The van der Waals surface area contributed by atoms with Crippen molar-refractivity contribution in [1.82, 2.24) is 5.32 Å². The zero-order chi connectivity index (χ0) is 18.4. The Hall–Kier alpha value is -1.71. The molecule has 0 radical (unpaired) electrons. The first kappa shape index (κ1) is 19.6. The average Bonchev–Trinajstić information content (AvgIpc) is 3.01. The highest BCUT2D eigenvalue weighted by Crippen LogP contribution is 2.30. The predicted molar refractivity (Wildman–Crippen MR) is 78.8 cm³/mol. The van der Waals surface area contributed by atoms with Crippen molar-refractivity contribution in [3.05, 3.63) is 35.1 Å². The molecule has 140 valence electrons. The van der Waals surface area contributed by atoms with Gasteiger partial charge in [0.2, 0.25) is 0 Å². The molecule has 0 spiro atoms. The first-order chi connectivity index (χ1) is 11.8. The fourth-order valence-corrected chi connectivity index (χ4v) is 2.39. The van der Waals surface area contributed by atoms with Crippen molar-refractivity contribution in [3.63, 3.8) is 0 Å². The first-order valence-corrected chi connectivity index (χ1v) is 7.82. The second kappa shape index (κ2) is 8.59. The highest BCUT2D eigenvalue weighted by atomic mass is 19.4. The molecule has 2 rings (SSSR count). The molecule has 2 unspecified atom stereocenters. The lowest BCUT2D eigenvalue weighted by Crippen LogP contribution is -2.36. The number of aliphatic hydroxyl groups excluding tert-OH is 1. The van der Waals surface area contributed by atoms with E-state index in [-0.39, 0.29) is 18.3 Å². The highest BCUT2D eigenvalue weighted by Gasteiger charge is 2.38. The molecule has 1 aliphatic rings. The zero-order valence-corrected chi connectivity index (χ0v) is 13.3. The van der Waals surface area contributed by atoms with E-state index in [0.717, 1.165) is 12.5 Å². The Morgan fingerprint density at radius 1 is 1.32 bits per heavy atom. The molecule has 2 N–H and O–H groups in total. The second-order valence-electron chi connectivity index (χ2n) is 5.67. The fourth-order valence-electron chi connectivity index (χ4n) is 2.39. The van der Waals surface area contributed by atoms with E-state index in [9.17, 15) is 22.4 Å². The van der Waals surface area contributed by atoms with Crippen molar-refractivity contribution in [2.24, 2.45) is 0 Å². The summed E-state index contributed by atoms with van der Waals surface area (Å²) in [5.74, 6) is -2.87. The smallest absolute Gasteiger partial charge is 0.396 e. The van der Waals surface area contributed by atoms with Gasteiger partial charge in [-0.25, -0.2) is 4.39 Å². The Morgan fingerprint density at radius 2 is 2.08 bits per heavy atom. The molecule has 1 amide bonds. The molecule has 1 fully saturated rings. The number of benzene rings is 1. The van der Waals surface area contributed by atoms with Gasteiger partial charge in [0.1, 0.15) is 5.82 Å². The number of hydrogen-bond donors (Lipinski definition) is 2. The Balaban J connectivity index is 1.90. The monoisotopic (exact) mass is 365 g/mol. The van der Waals surface area contributed by atoms with Crippen LogP contribution in [0.25, 0.3) is 0 Å². The minimum Gasteiger partial charge on any atom is -0.396 e. The van der Waals surface area contributed by atoms with E-state index in [0.29, 0.717) is 25.0 Å². The number of rotatable bonds is 7. The molecule has 0 aliphatic carbocycles. The number of nitrogens with one attached hydrogen (secondary N) is 1. The number of unbranched alkanes of at least 4 members (excludes halogenated alkanes) is 1. The summed E-state index contributed by atoms with van der Waals surface area (Å²) >= 11 is 0. The van der Waals surface area contributed by atoms with E-state index in [1.54, 1.807) is 5.32 Å². The van der Waals surface area contributed by atoms with Crippen LogP contribution in [-0.2, 0) is 20.8 Å². The Labute approximate surface area is 141 Å². The van der Waals surface area contributed by atoms with Crippen molar-refractivity contribution in [1.29, 1.82) is 0 Å². The number of halogens is 4. The first-order valence-electron chi connectivity index (χ1n) is 7.82. The minimum absolute atomic E-state index is 0.0705. The van der Waals surface area contributed by atoms with Crippen molar-refractivity contribution in [2.45, 2.75) is 44.4 Å². The van der Waals surface area contributed by atoms with Crippen LogP contribution in [0.4, 0.5) is 17.6 Å². The molecule has 1 saturated heterocycles. The SMILES string of the molecule is O=C(NCc1ccc(C2OCC(CCCCO)O2)cc1F)C(F)(F)F. The van der Waals surface area contributed by atoms with Gasteiger partial charge in [0, 0.05) is 24.3 Å². The number of carbonyl (C=O) groups is 1. The van der Waals surface area contributed by atoms with Gasteiger partial charge >= 0.3 is 12.1 Å². The molecule has 0 bridgehead atoms. The second-order valence-corrected chi connectivity index (χ2v) is 5.67. The van der Waals surface area contributed by atoms with Crippen LogP contribution >= 0.6 is 0 Å². The molecule has 1 aliphatic heterocycles. The van der Waals surface area contributed by atoms with Gasteiger partial charge in [-0.05, 0) is 25.3 Å². The van der Waals surface area contributed by atoms with Crippen LogP contribution in [0.3, 0.4) is 0 Å². The normalized spacial score (nSPS) is 20.7. The highest BCUT2D eigenvalue weighted by molar-refractivity contribution is 5.81. The maximum Gasteiger partial charge on any atom is 0.471 e. The molecule has 9 heteroatoms. The number of amides is 1. The predicted octanol–water partition coefficient (Wildman–Crippen LogP) is 2.58. The van der Waals surface area contributed by atoms with Gasteiger partial charge in [0.15, 0.2) is 6.29 Å². The van der Waals surface area contributed by atoms with E-state index < -0.39 is 30.7 Å². The Kier molecular flexibility index (Phi) is 6.74. The van der Waals surface area contributed by atoms with E-state index in [1.807, 2.05) is 0 Å². The van der Waals surface area contributed by atoms with Gasteiger partial charge in [0.05, 0.1) is 12.7 Å². The molecule has 1 aromatic rings. The van der Waals surface area contributed by atoms with E-state index in [2.05, 4.69) is 0 Å². The summed E-state index contributed by atoms with van der Waals surface area (Å²) in [5, 5.41) is 10.4. The summed E-state index contributed by atoms with van der Waals surface area (Å²) < 4.78 is 61.5. The Morgan fingerprint density at radius 3 is 2.72 bits per heavy atom. The molecule has 1 aromatic carbocycles. The van der Waals surface area contributed by atoms with Gasteiger partial charge in [-0.15, -0.1) is 0 Å². The standard InChI is InChI=1S/C16H19F4NO4/c17-13-7-10(14-24-9-12(25-14)3-1-2-6-22)4-5-11(13)8-21-15(23)16(18,19)20/h4-5,7,12,14,22H,1-3,6,8-9H2,(H,21,23). The van der Waals surface area contributed by atoms with E-state index in [1.165, 1.54) is 12.1 Å². The lowest BCUT2D eigenvalue weighted by atomic mass is 10.1. The van der Waals surface area contributed by atoms with Crippen molar-refractivity contribution in [2.75, 3.05) is 13.2 Å². The van der Waals surface area contributed by atoms with Crippen molar-refractivity contribution < 1.29 is 36.9 Å². The lowest BCUT2D eigenvalue weighted by Gasteiger charge is -2.13. The largest absolute Gasteiger partial charge is 0.471 e. The number of hydrogen-bond acceptors (Lipinski definition) is 4. The molecule has 1 heterocycles. The molecule has 5 nitrogen and oxygen atoms in total. The molecule has 0 aromatic heterocycles. The number of carbonyl (C=O) groups excluding carboxylic acids is 1.